The van der Waals surface area contributed by atoms with Gasteiger partial charge in [0.1, 0.15) is 0 Å². The smallest absolute Gasteiger partial charge is 0.0952 e. The lowest BCUT2D eigenvalue weighted by Crippen LogP contribution is -2.27. The monoisotopic (exact) mass is 255 g/mol. The molecule has 0 bridgehead atoms. The van der Waals surface area contributed by atoms with Crippen LogP contribution in [0, 0.1) is 13.8 Å². The number of aromatic nitrogens is 2. The first-order chi connectivity index (χ1) is 9.25. The van der Waals surface area contributed by atoms with Gasteiger partial charge in [0, 0.05) is 17.2 Å². The minimum absolute atomic E-state index is 0.632. The molecule has 1 aliphatic heterocycles. The number of rotatable bonds is 2. The summed E-state index contributed by atoms with van der Waals surface area (Å²) in [7, 11) is 0. The Balaban J connectivity index is 1.91. The van der Waals surface area contributed by atoms with Crippen LogP contribution in [0.3, 0.4) is 0 Å². The molecule has 2 N–H and O–H groups in total. The number of H-pyrrole nitrogens is 1. The molecule has 0 atom stereocenters. The highest BCUT2D eigenvalue weighted by Crippen LogP contribution is 2.31. The van der Waals surface area contributed by atoms with Gasteiger partial charge >= 0.3 is 0 Å². The highest BCUT2D eigenvalue weighted by atomic mass is 15.1. The molecule has 19 heavy (non-hydrogen) atoms. The SMILES string of the molecule is Cc1ccc(-c2n[nH]c(C3CCNCC3)c2C)cc1. The van der Waals surface area contributed by atoms with Gasteiger partial charge in [0.2, 0.25) is 0 Å². The van der Waals surface area contributed by atoms with Crippen LogP contribution >= 0.6 is 0 Å². The second kappa shape index (κ2) is 5.17. The molecule has 2 heterocycles. The molecule has 3 heteroatoms. The van der Waals surface area contributed by atoms with Crippen molar-refractivity contribution in [3.8, 4) is 11.3 Å². The van der Waals surface area contributed by atoms with Gasteiger partial charge in [-0.25, -0.2) is 0 Å². The molecule has 3 nitrogen and oxygen atoms in total. The standard InChI is InChI=1S/C16H21N3/c1-11-3-5-13(6-4-11)15-12(2)16(19-18-15)14-7-9-17-10-8-14/h3-6,14,17H,7-10H2,1-2H3,(H,18,19). The molecule has 1 aliphatic rings. The fourth-order valence-corrected chi connectivity index (χ4v) is 2.91. The van der Waals surface area contributed by atoms with Crippen LogP contribution in [-0.4, -0.2) is 23.3 Å². The maximum atomic E-state index is 4.55. The summed E-state index contributed by atoms with van der Waals surface area (Å²) in [6.45, 7) is 6.53. The van der Waals surface area contributed by atoms with Crippen LogP contribution in [0.15, 0.2) is 24.3 Å². The molecule has 0 unspecified atom stereocenters. The predicted octanol–water partition coefficient (Wildman–Crippen LogP) is 3.16. The van der Waals surface area contributed by atoms with Crippen molar-refractivity contribution in [3.05, 3.63) is 41.1 Å². The van der Waals surface area contributed by atoms with E-state index in [4.69, 9.17) is 0 Å². The van der Waals surface area contributed by atoms with E-state index in [1.54, 1.807) is 0 Å². The summed E-state index contributed by atoms with van der Waals surface area (Å²) in [6, 6.07) is 8.61. The van der Waals surface area contributed by atoms with E-state index in [2.05, 4.69) is 53.6 Å². The van der Waals surface area contributed by atoms with Gasteiger partial charge in [-0.15, -0.1) is 0 Å². The van der Waals surface area contributed by atoms with Crippen molar-refractivity contribution in [1.29, 1.82) is 0 Å². The predicted molar refractivity (Wildman–Crippen MR) is 78.3 cm³/mol. The number of aryl methyl sites for hydroxylation is 1. The van der Waals surface area contributed by atoms with E-state index in [0.29, 0.717) is 5.92 Å². The Kier molecular flexibility index (Phi) is 3.38. The second-order valence-electron chi connectivity index (χ2n) is 5.50. The lowest BCUT2D eigenvalue weighted by Gasteiger charge is -2.22. The number of nitrogens with zero attached hydrogens (tertiary/aromatic N) is 1. The molecule has 0 saturated carbocycles. The van der Waals surface area contributed by atoms with Crippen molar-refractivity contribution in [2.75, 3.05) is 13.1 Å². The van der Waals surface area contributed by atoms with E-state index < -0.39 is 0 Å². The minimum atomic E-state index is 0.632. The molecule has 0 radical (unpaired) electrons. The van der Waals surface area contributed by atoms with Crippen LogP contribution in [0.4, 0.5) is 0 Å². The first kappa shape index (κ1) is 12.4. The molecule has 2 aromatic rings. The Morgan fingerprint density at radius 3 is 2.42 bits per heavy atom. The van der Waals surface area contributed by atoms with Crippen LogP contribution < -0.4 is 5.32 Å². The van der Waals surface area contributed by atoms with E-state index >= 15 is 0 Å². The largest absolute Gasteiger partial charge is 0.317 e. The summed E-state index contributed by atoms with van der Waals surface area (Å²) in [6.07, 6.45) is 2.41. The summed E-state index contributed by atoms with van der Waals surface area (Å²) >= 11 is 0. The zero-order valence-electron chi connectivity index (χ0n) is 11.7. The Labute approximate surface area is 114 Å². The summed E-state index contributed by atoms with van der Waals surface area (Å²) < 4.78 is 0. The molecule has 3 rings (SSSR count). The quantitative estimate of drug-likeness (QED) is 0.865. The van der Waals surface area contributed by atoms with Crippen LogP contribution in [0.2, 0.25) is 0 Å². The number of benzene rings is 1. The molecule has 1 aromatic heterocycles. The molecule has 1 saturated heterocycles. The van der Waals surface area contributed by atoms with Gasteiger partial charge in [-0.05, 0) is 45.3 Å². The fourth-order valence-electron chi connectivity index (χ4n) is 2.91. The number of hydrogen-bond donors (Lipinski definition) is 2. The number of aromatic amines is 1. The number of hydrogen-bond acceptors (Lipinski definition) is 2. The Hall–Kier alpha value is -1.61. The number of piperidine rings is 1. The second-order valence-corrected chi connectivity index (χ2v) is 5.50. The van der Waals surface area contributed by atoms with Crippen molar-refractivity contribution < 1.29 is 0 Å². The van der Waals surface area contributed by atoms with Gasteiger partial charge in [-0.2, -0.15) is 5.10 Å². The van der Waals surface area contributed by atoms with Gasteiger partial charge in [-0.3, -0.25) is 5.10 Å². The molecular formula is C16H21N3. The van der Waals surface area contributed by atoms with Crippen molar-refractivity contribution >= 4 is 0 Å². The molecular weight excluding hydrogens is 234 g/mol. The summed E-state index contributed by atoms with van der Waals surface area (Å²) in [5.41, 5.74) is 6.25. The normalized spacial score (nSPS) is 16.7. The molecule has 100 valence electrons. The van der Waals surface area contributed by atoms with Crippen LogP contribution in [0.1, 0.15) is 35.6 Å². The third-order valence-corrected chi connectivity index (χ3v) is 4.12. The third kappa shape index (κ3) is 2.43. The highest BCUT2D eigenvalue weighted by Gasteiger charge is 2.21. The topological polar surface area (TPSA) is 40.7 Å². The van der Waals surface area contributed by atoms with Crippen molar-refractivity contribution in [1.82, 2.24) is 15.5 Å². The molecule has 1 aromatic carbocycles. The Bertz CT molecular complexity index is 548. The Morgan fingerprint density at radius 1 is 1.05 bits per heavy atom. The van der Waals surface area contributed by atoms with E-state index in [0.717, 1.165) is 18.8 Å². The third-order valence-electron chi connectivity index (χ3n) is 4.12. The fraction of sp³-hybridized carbons (Fsp3) is 0.438. The van der Waals surface area contributed by atoms with E-state index in [1.807, 2.05) is 0 Å². The zero-order chi connectivity index (χ0) is 13.2. The van der Waals surface area contributed by atoms with Crippen LogP contribution in [-0.2, 0) is 0 Å². The van der Waals surface area contributed by atoms with E-state index in [9.17, 15) is 0 Å². The summed E-state index contributed by atoms with van der Waals surface area (Å²) in [4.78, 5) is 0. The van der Waals surface area contributed by atoms with E-state index in [1.165, 1.54) is 35.2 Å². The Morgan fingerprint density at radius 2 is 1.74 bits per heavy atom. The van der Waals surface area contributed by atoms with Gasteiger partial charge in [-0.1, -0.05) is 29.8 Å². The summed E-state index contributed by atoms with van der Waals surface area (Å²) in [5.74, 6) is 0.632. The molecule has 0 spiro atoms. The molecule has 0 aliphatic carbocycles. The van der Waals surface area contributed by atoms with Crippen molar-refractivity contribution in [2.45, 2.75) is 32.6 Å². The summed E-state index contributed by atoms with van der Waals surface area (Å²) in [5, 5.41) is 11.2. The molecule has 1 fully saturated rings. The maximum absolute atomic E-state index is 4.55. The van der Waals surface area contributed by atoms with E-state index in [-0.39, 0.29) is 0 Å². The minimum Gasteiger partial charge on any atom is -0.317 e. The zero-order valence-corrected chi connectivity index (χ0v) is 11.7. The van der Waals surface area contributed by atoms with Crippen LogP contribution in [0.25, 0.3) is 11.3 Å². The van der Waals surface area contributed by atoms with Crippen molar-refractivity contribution in [3.63, 3.8) is 0 Å². The lowest BCUT2D eigenvalue weighted by molar-refractivity contribution is 0.451. The van der Waals surface area contributed by atoms with Crippen molar-refractivity contribution in [2.24, 2.45) is 0 Å². The first-order valence-electron chi connectivity index (χ1n) is 7.08. The lowest BCUT2D eigenvalue weighted by atomic mass is 9.91. The average Bonchev–Trinajstić information content (AvgIpc) is 2.83. The maximum Gasteiger partial charge on any atom is 0.0952 e. The van der Waals surface area contributed by atoms with Gasteiger partial charge in [0.15, 0.2) is 0 Å². The number of nitrogens with one attached hydrogen (secondary N) is 2. The highest BCUT2D eigenvalue weighted by molar-refractivity contribution is 5.64. The molecule has 0 amide bonds. The average molecular weight is 255 g/mol. The van der Waals surface area contributed by atoms with Gasteiger partial charge < -0.3 is 5.32 Å². The first-order valence-corrected chi connectivity index (χ1v) is 7.08. The van der Waals surface area contributed by atoms with Gasteiger partial charge in [0.05, 0.1) is 5.69 Å². The van der Waals surface area contributed by atoms with Gasteiger partial charge in [0.25, 0.3) is 0 Å². The van der Waals surface area contributed by atoms with Crippen LogP contribution in [0.5, 0.6) is 0 Å².